The lowest BCUT2D eigenvalue weighted by Gasteiger charge is -2.36. The number of methoxy groups -OCH3 is 1. The Bertz CT molecular complexity index is 311. The van der Waals surface area contributed by atoms with Gasteiger partial charge >= 0.3 is 0 Å². The number of nitrogens with one attached hydrogen (secondary N) is 2. The van der Waals surface area contributed by atoms with E-state index >= 15 is 0 Å². The standard InChI is InChI=1S/C15H29N3O2/c1-18-9-3-4-13(11-18)10-17-14(19)15(12-20-2)5-7-16-8-6-15/h13,16H,3-12H2,1-2H3,(H,17,19). The molecule has 2 rings (SSSR count). The number of piperidine rings is 2. The van der Waals surface area contributed by atoms with Gasteiger partial charge in [-0.25, -0.2) is 0 Å². The van der Waals surface area contributed by atoms with E-state index in [2.05, 4.69) is 22.6 Å². The van der Waals surface area contributed by atoms with Gasteiger partial charge < -0.3 is 20.3 Å². The summed E-state index contributed by atoms with van der Waals surface area (Å²) in [5.74, 6) is 0.785. The maximum absolute atomic E-state index is 12.6. The maximum Gasteiger partial charge on any atom is 0.228 e. The highest BCUT2D eigenvalue weighted by Gasteiger charge is 2.39. The van der Waals surface area contributed by atoms with Crippen LogP contribution in [-0.4, -0.2) is 64.3 Å². The maximum atomic E-state index is 12.6. The quantitative estimate of drug-likeness (QED) is 0.770. The van der Waals surface area contributed by atoms with Gasteiger partial charge in [-0.1, -0.05) is 0 Å². The summed E-state index contributed by atoms with van der Waals surface area (Å²) in [6.07, 6.45) is 4.21. The lowest BCUT2D eigenvalue weighted by Crippen LogP contribution is -2.51. The molecule has 0 aromatic rings. The predicted octanol–water partition coefficient (Wildman–Crippen LogP) is 0.461. The van der Waals surface area contributed by atoms with Crippen LogP contribution in [0.4, 0.5) is 0 Å². The van der Waals surface area contributed by atoms with E-state index in [9.17, 15) is 4.79 Å². The van der Waals surface area contributed by atoms with Gasteiger partial charge in [-0.05, 0) is 58.3 Å². The van der Waals surface area contributed by atoms with Crippen molar-refractivity contribution in [3.63, 3.8) is 0 Å². The van der Waals surface area contributed by atoms with Gasteiger partial charge in [-0.15, -0.1) is 0 Å². The molecule has 0 aliphatic carbocycles. The minimum atomic E-state index is -0.319. The van der Waals surface area contributed by atoms with Gasteiger partial charge in [0.2, 0.25) is 5.91 Å². The zero-order valence-electron chi connectivity index (χ0n) is 12.9. The molecule has 5 heteroatoms. The van der Waals surface area contributed by atoms with Gasteiger partial charge in [-0.2, -0.15) is 0 Å². The van der Waals surface area contributed by atoms with Gasteiger partial charge in [0, 0.05) is 20.2 Å². The van der Waals surface area contributed by atoms with E-state index in [-0.39, 0.29) is 11.3 Å². The summed E-state index contributed by atoms with van der Waals surface area (Å²) in [6, 6.07) is 0. The van der Waals surface area contributed by atoms with Crippen molar-refractivity contribution >= 4 is 5.91 Å². The topological polar surface area (TPSA) is 53.6 Å². The Morgan fingerprint density at radius 2 is 2.20 bits per heavy atom. The zero-order chi connectivity index (χ0) is 14.4. The molecular formula is C15H29N3O2. The Kier molecular flexibility index (Phi) is 5.81. The fourth-order valence-electron chi connectivity index (χ4n) is 3.48. The summed E-state index contributed by atoms with van der Waals surface area (Å²) in [5, 5.41) is 6.52. The van der Waals surface area contributed by atoms with Crippen molar-refractivity contribution in [2.45, 2.75) is 25.7 Å². The number of hydrogen-bond donors (Lipinski definition) is 2. The fraction of sp³-hybridized carbons (Fsp3) is 0.933. The number of ether oxygens (including phenoxy) is 1. The Morgan fingerprint density at radius 3 is 2.85 bits per heavy atom. The number of nitrogens with zero attached hydrogens (tertiary/aromatic N) is 1. The van der Waals surface area contributed by atoms with Gasteiger partial charge in [0.25, 0.3) is 0 Å². The molecule has 2 fully saturated rings. The van der Waals surface area contributed by atoms with Crippen LogP contribution in [0.25, 0.3) is 0 Å². The fourth-order valence-corrected chi connectivity index (χ4v) is 3.48. The monoisotopic (exact) mass is 283 g/mol. The molecule has 0 saturated carbocycles. The van der Waals surface area contributed by atoms with E-state index in [4.69, 9.17) is 4.74 Å². The highest BCUT2D eigenvalue weighted by atomic mass is 16.5. The second-order valence-corrected chi connectivity index (χ2v) is 6.44. The Hall–Kier alpha value is -0.650. The van der Waals surface area contributed by atoms with Crippen molar-refractivity contribution in [2.24, 2.45) is 11.3 Å². The zero-order valence-corrected chi connectivity index (χ0v) is 12.9. The summed E-state index contributed by atoms with van der Waals surface area (Å²) in [4.78, 5) is 15.0. The number of rotatable bonds is 5. The molecule has 2 N–H and O–H groups in total. The average molecular weight is 283 g/mol. The summed E-state index contributed by atoms with van der Waals surface area (Å²) in [7, 11) is 3.85. The lowest BCUT2D eigenvalue weighted by atomic mass is 9.78. The first-order valence-electron chi connectivity index (χ1n) is 7.83. The molecule has 0 radical (unpaired) electrons. The van der Waals surface area contributed by atoms with Crippen LogP contribution in [-0.2, 0) is 9.53 Å². The average Bonchev–Trinajstić information content (AvgIpc) is 2.46. The smallest absolute Gasteiger partial charge is 0.228 e. The molecule has 2 aliphatic rings. The molecule has 1 atom stereocenters. The number of amides is 1. The second kappa shape index (κ2) is 7.38. The van der Waals surface area contributed by atoms with Crippen LogP contribution in [0.3, 0.4) is 0 Å². The predicted molar refractivity (Wildman–Crippen MR) is 79.6 cm³/mol. The largest absolute Gasteiger partial charge is 0.384 e. The van der Waals surface area contributed by atoms with Crippen molar-refractivity contribution < 1.29 is 9.53 Å². The molecule has 2 heterocycles. The summed E-state index contributed by atoms with van der Waals surface area (Å²) in [6.45, 7) is 5.43. The van der Waals surface area contributed by atoms with Crippen molar-refractivity contribution in [2.75, 3.05) is 53.5 Å². The van der Waals surface area contributed by atoms with Crippen LogP contribution in [0.5, 0.6) is 0 Å². The molecule has 5 nitrogen and oxygen atoms in total. The molecule has 2 aliphatic heterocycles. The molecule has 20 heavy (non-hydrogen) atoms. The van der Waals surface area contributed by atoms with Crippen LogP contribution >= 0.6 is 0 Å². The van der Waals surface area contributed by atoms with Gasteiger partial charge in [0.1, 0.15) is 0 Å². The Labute approximate surface area is 122 Å². The van der Waals surface area contributed by atoms with Crippen LogP contribution < -0.4 is 10.6 Å². The van der Waals surface area contributed by atoms with Crippen LogP contribution in [0.15, 0.2) is 0 Å². The van der Waals surface area contributed by atoms with E-state index in [1.165, 1.54) is 19.4 Å². The minimum Gasteiger partial charge on any atom is -0.384 e. The molecule has 0 aromatic carbocycles. The van der Waals surface area contributed by atoms with Gasteiger partial charge in [0.05, 0.1) is 12.0 Å². The highest BCUT2D eigenvalue weighted by molar-refractivity contribution is 5.83. The van der Waals surface area contributed by atoms with E-state index in [0.29, 0.717) is 12.5 Å². The third-order valence-corrected chi connectivity index (χ3v) is 4.74. The van der Waals surface area contributed by atoms with Crippen LogP contribution in [0, 0.1) is 11.3 Å². The van der Waals surface area contributed by atoms with Crippen molar-refractivity contribution in [3.8, 4) is 0 Å². The lowest BCUT2D eigenvalue weighted by molar-refractivity contribution is -0.136. The molecule has 1 amide bonds. The van der Waals surface area contributed by atoms with E-state index in [0.717, 1.165) is 39.0 Å². The number of hydrogen-bond acceptors (Lipinski definition) is 4. The molecule has 0 bridgehead atoms. The molecule has 0 aromatic heterocycles. The molecule has 1 unspecified atom stereocenters. The Balaban J connectivity index is 1.85. The number of carbonyl (C=O) groups is 1. The number of carbonyl (C=O) groups excluding carboxylic acids is 1. The molecular weight excluding hydrogens is 254 g/mol. The second-order valence-electron chi connectivity index (χ2n) is 6.44. The van der Waals surface area contributed by atoms with Crippen molar-refractivity contribution in [3.05, 3.63) is 0 Å². The third kappa shape index (κ3) is 3.93. The van der Waals surface area contributed by atoms with Crippen LogP contribution in [0.1, 0.15) is 25.7 Å². The normalized spacial score (nSPS) is 27.2. The highest BCUT2D eigenvalue weighted by Crippen LogP contribution is 2.29. The minimum absolute atomic E-state index is 0.189. The molecule has 0 spiro atoms. The third-order valence-electron chi connectivity index (χ3n) is 4.74. The molecule has 2 saturated heterocycles. The first kappa shape index (κ1) is 15.7. The van der Waals surface area contributed by atoms with E-state index in [1.54, 1.807) is 7.11 Å². The van der Waals surface area contributed by atoms with Crippen molar-refractivity contribution in [1.29, 1.82) is 0 Å². The van der Waals surface area contributed by atoms with E-state index in [1.807, 2.05) is 0 Å². The van der Waals surface area contributed by atoms with Gasteiger partial charge in [0.15, 0.2) is 0 Å². The van der Waals surface area contributed by atoms with E-state index < -0.39 is 0 Å². The summed E-state index contributed by atoms with van der Waals surface area (Å²) >= 11 is 0. The summed E-state index contributed by atoms with van der Waals surface area (Å²) < 4.78 is 5.32. The first-order chi connectivity index (χ1) is 9.66. The summed E-state index contributed by atoms with van der Waals surface area (Å²) in [5.41, 5.74) is -0.319. The SMILES string of the molecule is COCC1(C(=O)NCC2CCCN(C)C2)CCNCC1. The Morgan fingerprint density at radius 1 is 1.45 bits per heavy atom. The molecule has 116 valence electrons. The first-order valence-corrected chi connectivity index (χ1v) is 7.83. The number of likely N-dealkylation sites (tertiary alicyclic amines) is 1. The van der Waals surface area contributed by atoms with Crippen LogP contribution in [0.2, 0.25) is 0 Å². The van der Waals surface area contributed by atoms with Crippen molar-refractivity contribution in [1.82, 2.24) is 15.5 Å². The van der Waals surface area contributed by atoms with Gasteiger partial charge in [-0.3, -0.25) is 4.79 Å².